The summed E-state index contributed by atoms with van der Waals surface area (Å²) in [4.78, 5) is 0.207. The third-order valence-electron chi connectivity index (χ3n) is 3.17. The fourth-order valence-electron chi connectivity index (χ4n) is 2.08. The Hall–Kier alpha value is -2.18. The molecule has 2 aromatic rings. The van der Waals surface area contributed by atoms with Crippen molar-refractivity contribution < 1.29 is 8.42 Å². The molecule has 0 aromatic heterocycles. The quantitative estimate of drug-likeness (QED) is 0.627. The summed E-state index contributed by atoms with van der Waals surface area (Å²) in [5, 5.41) is 6.33. The first-order valence-electron chi connectivity index (χ1n) is 6.45. The Kier molecular flexibility index (Phi) is 3.72. The van der Waals surface area contributed by atoms with Gasteiger partial charge in [0.15, 0.2) is 5.84 Å². The summed E-state index contributed by atoms with van der Waals surface area (Å²) in [6.45, 7) is 0. The number of nitrogens with zero attached hydrogens (tertiary/aromatic N) is 3. The number of fused-ring (bicyclic) bond motifs is 1. The molecule has 5 nitrogen and oxygen atoms in total. The maximum absolute atomic E-state index is 12.0. The van der Waals surface area contributed by atoms with Crippen molar-refractivity contribution in [3.8, 4) is 0 Å². The van der Waals surface area contributed by atoms with E-state index in [1.807, 2.05) is 12.1 Å². The van der Waals surface area contributed by atoms with Gasteiger partial charge in [-0.05, 0) is 29.8 Å². The van der Waals surface area contributed by atoms with E-state index in [0.717, 1.165) is 5.56 Å². The largest absolute Gasteiger partial charge is 0.285 e. The van der Waals surface area contributed by atoms with E-state index in [1.54, 1.807) is 43.6 Å². The predicted octanol–water partition coefficient (Wildman–Crippen LogP) is 2.75. The van der Waals surface area contributed by atoms with Crippen LogP contribution < -0.4 is 0 Å². The average molecular weight is 334 g/mol. The molecule has 1 aliphatic rings. The lowest BCUT2D eigenvalue weighted by molar-refractivity contribution is 0.549. The van der Waals surface area contributed by atoms with E-state index in [2.05, 4.69) is 9.50 Å². The number of hydrogen-bond donors (Lipinski definition) is 0. The van der Waals surface area contributed by atoms with Crippen LogP contribution in [0.25, 0.3) is 0 Å². The molecule has 0 bridgehead atoms. The van der Waals surface area contributed by atoms with Gasteiger partial charge in [0.25, 0.3) is 10.0 Å². The molecule has 112 valence electrons. The number of hydrogen-bond acceptors (Lipinski definition) is 4. The third-order valence-corrected chi connectivity index (χ3v) is 4.75. The van der Waals surface area contributed by atoms with Gasteiger partial charge in [-0.15, -0.1) is 4.40 Å². The van der Waals surface area contributed by atoms with Crippen LogP contribution in [-0.4, -0.2) is 32.5 Å². The zero-order valence-electron chi connectivity index (χ0n) is 11.6. The molecule has 0 atom stereocenters. The fraction of sp³-hybridized carbons (Fsp3) is 0.0667. The minimum Gasteiger partial charge on any atom is -0.250 e. The van der Waals surface area contributed by atoms with Crippen molar-refractivity contribution in [2.75, 3.05) is 7.05 Å². The van der Waals surface area contributed by atoms with Gasteiger partial charge in [0, 0.05) is 17.6 Å². The molecule has 3 rings (SSSR count). The van der Waals surface area contributed by atoms with Crippen molar-refractivity contribution in [1.29, 1.82) is 0 Å². The Balaban J connectivity index is 1.90. The maximum atomic E-state index is 12.0. The topological polar surface area (TPSA) is 62.1 Å². The van der Waals surface area contributed by atoms with Crippen molar-refractivity contribution in [3.63, 3.8) is 0 Å². The summed E-state index contributed by atoms with van der Waals surface area (Å²) in [5.74, 6) is 0.306. The number of amidine groups is 1. The monoisotopic (exact) mass is 333 g/mol. The second-order valence-corrected chi connectivity index (χ2v) is 6.71. The summed E-state index contributed by atoms with van der Waals surface area (Å²) in [7, 11) is -1.98. The Morgan fingerprint density at radius 2 is 1.82 bits per heavy atom. The molecule has 0 fully saturated rings. The van der Waals surface area contributed by atoms with Gasteiger partial charge in [0.05, 0.1) is 6.21 Å². The van der Waals surface area contributed by atoms with Crippen molar-refractivity contribution >= 4 is 33.7 Å². The minimum atomic E-state index is -3.63. The van der Waals surface area contributed by atoms with Gasteiger partial charge in [-0.2, -0.15) is 13.5 Å². The Morgan fingerprint density at radius 1 is 1.14 bits per heavy atom. The second kappa shape index (κ2) is 5.55. The highest BCUT2D eigenvalue weighted by Gasteiger charge is 2.30. The molecule has 0 saturated carbocycles. The van der Waals surface area contributed by atoms with E-state index in [1.165, 1.54) is 11.1 Å². The predicted molar refractivity (Wildman–Crippen MR) is 87.0 cm³/mol. The highest BCUT2D eigenvalue weighted by Crippen LogP contribution is 2.26. The van der Waals surface area contributed by atoms with Gasteiger partial charge in [-0.3, -0.25) is 0 Å². The number of hydrazone groups is 1. The molecule has 0 saturated heterocycles. The van der Waals surface area contributed by atoms with Crippen molar-refractivity contribution in [1.82, 2.24) is 5.01 Å². The lowest BCUT2D eigenvalue weighted by atomic mass is 10.2. The van der Waals surface area contributed by atoms with Crippen LogP contribution in [0.4, 0.5) is 0 Å². The van der Waals surface area contributed by atoms with Crippen LogP contribution in [0, 0.1) is 0 Å². The van der Waals surface area contributed by atoms with Crippen molar-refractivity contribution in [3.05, 3.63) is 64.7 Å². The summed E-state index contributed by atoms with van der Waals surface area (Å²) in [6, 6.07) is 13.9. The van der Waals surface area contributed by atoms with Gasteiger partial charge < -0.3 is 0 Å². The molecule has 2 aromatic carbocycles. The van der Waals surface area contributed by atoms with Crippen LogP contribution in [0.1, 0.15) is 11.1 Å². The Morgan fingerprint density at radius 3 is 2.55 bits per heavy atom. The van der Waals surface area contributed by atoms with E-state index >= 15 is 0 Å². The molecule has 1 aliphatic heterocycles. The summed E-state index contributed by atoms with van der Waals surface area (Å²) >= 11 is 5.82. The van der Waals surface area contributed by atoms with Gasteiger partial charge in [-0.25, -0.2) is 5.01 Å². The molecule has 0 unspecified atom stereocenters. The highest BCUT2D eigenvalue weighted by molar-refractivity contribution is 7.90. The maximum Gasteiger partial charge on any atom is 0.285 e. The van der Waals surface area contributed by atoms with Crippen LogP contribution in [0.3, 0.4) is 0 Å². The van der Waals surface area contributed by atoms with Gasteiger partial charge in [0.1, 0.15) is 4.90 Å². The lowest BCUT2D eigenvalue weighted by Gasteiger charge is -2.12. The van der Waals surface area contributed by atoms with Crippen molar-refractivity contribution in [2.24, 2.45) is 9.50 Å². The Labute approximate surface area is 133 Å². The SMILES string of the molecule is CN(/N=C/c1ccc(Cl)cc1)C1=NS(=O)(=O)c2ccccc21. The summed E-state index contributed by atoms with van der Waals surface area (Å²) in [6.07, 6.45) is 1.62. The minimum absolute atomic E-state index is 0.207. The van der Waals surface area contributed by atoms with Crippen LogP contribution in [0.15, 0.2) is 62.9 Å². The molecular weight excluding hydrogens is 322 g/mol. The van der Waals surface area contributed by atoms with E-state index in [9.17, 15) is 8.42 Å². The third kappa shape index (κ3) is 2.75. The molecule has 0 aliphatic carbocycles. The van der Waals surface area contributed by atoms with Crippen LogP contribution in [-0.2, 0) is 10.0 Å². The smallest absolute Gasteiger partial charge is 0.250 e. The summed E-state index contributed by atoms with van der Waals surface area (Å²) in [5.41, 5.74) is 1.41. The van der Waals surface area contributed by atoms with Gasteiger partial charge in [-0.1, -0.05) is 35.9 Å². The van der Waals surface area contributed by atoms with Gasteiger partial charge >= 0.3 is 0 Å². The summed E-state index contributed by atoms with van der Waals surface area (Å²) < 4.78 is 27.8. The number of benzene rings is 2. The normalized spacial score (nSPS) is 15.6. The molecular formula is C15H12ClN3O2S. The molecule has 0 spiro atoms. The lowest BCUT2D eigenvalue weighted by Crippen LogP contribution is -2.21. The van der Waals surface area contributed by atoms with E-state index in [0.29, 0.717) is 16.4 Å². The van der Waals surface area contributed by atoms with E-state index in [4.69, 9.17) is 11.6 Å². The number of rotatable bonds is 2. The molecule has 22 heavy (non-hydrogen) atoms. The van der Waals surface area contributed by atoms with Gasteiger partial charge in [0.2, 0.25) is 0 Å². The first-order valence-corrected chi connectivity index (χ1v) is 8.27. The Bertz CT molecular complexity index is 874. The highest BCUT2D eigenvalue weighted by atomic mass is 35.5. The fourth-order valence-corrected chi connectivity index (χ4v) is 3.43. The molecule has 7 heteroatoms. The standard InChI is InChI=1S/C15H12ClN3O2S/c1-19(17-10-11-6-8-12(16)9-7-11)15-13-4-2-3-5-14(13)22(20,21)18-15/h2-10H,1H3/b17-10+. The second-order valence-electron chi connectivity index (χ2n) is 4.71. The van der Waals surface area contributed by atoms with Crippen molar-refractivity contribution in [2.45, 2.75) is 4.90 Å². The molecule has 0 radical (unpaired) electrons. The van der Waals surface area contributed by atoms with Crippen LogP contribution >= 0.6 is 11.6 Å². The van der Waals surface area contributed by atoms with Crippen LogP contribution in [0.2, 0.25) is 5.02 Å². The zero-order chi connectivity index (χ0) is 15.7. The first-order chi connectivity index (χ1) is 10.5. The molecule has 0 N–H and O–H groups in total. The zero-order valence-corrected chi connectivity index (χ0v) is 13.2. The van der Waals surface area contributed by atoms with E-state index in [-0.39, 0.29) is 4.90 Å². The van der Waals surface area contributed by atoms with E-state index < -0.39 is 10.0 Å². The first kappa shape index (κ1) is 14.7. The molecule has 0 amide bonds. The number of sulfonamides is 1. The molecule has 1 heterocycles. The van der Waals surface area contributed by atoms with Crippen LogP contribution in [0.5, 0.6) is 0 Å². The number of halogens is 1. The average Bonchev–Trinajstić information content (AvgIpc) is 2.79.